The van der Waals surface area contributed by atoms with Crippen LogP contribution < -0.4 is 15.2 Å². The van der Waals surface area contributed by atoms with E-state index in [0.717, 1.165) is 5.69 Å². The first-order valence-corrected chi connectivity index (χ1v) is 7.61. The molecule has 2 N–H and O–H groups in total. The first-order valence-electron chi connectivity index (χ1n) is 7.61. The quantitative estimate of drug-likeness (QED) is 0.766. The van der Waals surface area contributed by atoms with E-state index in [1.165, 1.54) is 19.2 Å². The zero-order chi connectivity index (χ0) is 18.0. The number of nitrogens with two attached hydrogens (primary N) is 1. The van der Waals surface area contributed by atoms with Crippen molar-refractivity contribution in [2.24, 2.45) is 7.05 Å². The minimum absolute atomic E-state index is 0.146. The molecule has 0 aliphatic rings. The topological polar surface area (TPSA) is 88.1 Å². The lowest BCUT2D eigenvalue weighted by Crippen LogP contribution is -2.09. The Morgan fingerprint density at radius 1 is 1.16 bits per heavy atom. The number of aromatic nitrogens is 4. The van der Waals surface area contributed by atoms with Gasteiger partial charge in [0.25, 0.3) is 0 Å². The average molecular weight is 343 g/mol. The van der Waals surface area contributed by atoms with E-state index in [2.05, 4.69) is 15.3 Å². The molecule has 0 fully saturated rings. The second-order valence-electron chi connectivity index (χ2n) is 5.47. The predicted octanol–water partition coefficient (Wildman–Crippen LogP) is 2.75. The van der Waals surface area contributed by atoms with E-state index >= 15 is 0 Å². The molecule has 0 saturated heterocycles. The highest BCUT2D eigenvalue weighted by molar-refractivity contribution is 5.59. The molecule has 2 heterocycles. The number of halogens is 1. The largest absolute Gasteiger partial charge is 0.496 e. The number of hydrogen-bond acceptors (Lipinski definition) is 6. The molecule has 0 radical (unpaired) electrons. The van der Waals surface area contributed by atoms with E-state index in [1.54, 1.807) is 37.0 Å². The molecule has 1 atom stereocenters. The van der Waals surface area contributed by atoms with Gasteiger partial charge in [0.05, 0.1) is 12.8 Å². The Morgan fingerprint density at radius 2 is 1.96 bits per heavy atom. The van der Waals surface area contributed by atoms with Crippen LogP contribution in [0.2, 0.25) is 0 Å². The predicted molar refractivity (Wildman–Crippen MR) is 90.6 cm³/mol. The lowest BCUT2D eigenvalue weighted by Gasteiger charge is -2.18. The van der Waals surface area contributed by atoms with E-state index in [-0.39, 0.29) is 11.6 Å². The van der Waals surface area contributed by atoms with Gasteiger partial charge in [-0.15, -0.1) is 10.2 Å². The van der Waals surface area contributed by atoms with Crippen LogP contribution in [0.15, 0.2) is 36.5 Å². The third kappa shape index (κ3) is 3.37. The van der Waals surface area contributed by atoms with E-state index < -0.39 is 6.10 Å². The van der Waals surface area contributed by atoms with E-state index in [0.29, 0.717) is 22.8 Å². The monoisotopic (exact) mass is 343 g/mol. The summed E-state index contributed by atoms with van der Waals surface area (Å²) in [4.78, 5) is 0. The number of aryl methyl sites for hydroxylation is 1. The zero-order valence-electron chi connectivity index (χ0n) is 14.1. The van der Waals surface area contributed by atoms with Crippen LogP contribution in [0.1, 0.15) is 18.6 Å². The summed E-state index contributed by atoms with van der Waals surface area (Å²) in [5.41, 5.74) is 7.80. The van der Waals surface area contributed by atoms with Crippen LogP contribution in [0, 0.1) is 5.82 Å². The van der Waals surface area contributed by atoms with E-state index in [9.17, 15) is 4.39 Å². The zero-order valence-corrected chi connectivity index (χ0v) is 14.1. The van der Waals surface area contributed by atoms with Crippen molar-refractivity contribution in [1.29, 1.82) is 0 Å². The van der Waals surface area contributed by atoms with Gasteiger partial charge in [-0.3, -0.25) is 4.68 Å². The van der Waals surface area contributed by atoms with Crippen molar-refractivity contribution in [2.45, 2.75) is 13.0 Å². The van der Waals surface area contributed by atoms with E-state index in [4.69, 9.17) is 15.2 Å². The molecule has 0 saturated carbocycles. The first kappa shape index (κ1) is 16.7. The summed E-state index contributed by atoms with van der Waals surface area (Å²) in [5, 5.41) is 12.1. The molecule has 0 aliphatic heterocycles. The van der Waals surface area contributed by atoms with Crippen LogP contribution in [0.25, 0.3) is 11.4 Å². The third-order valence-corrected chi connectivity index (χ3v) is 3.80. The Bertz CT molecular complexity index is 896. The van der Waals surface area contributed by atoms with Crippen molar-refractivity contribution in [3.05, 3.63) is 47.9 Å². The van der Waals surface area contributed by atoms with E-state index in [1.807, 2.05) is 6.07 Å². The van der Waals surface area contributed by atoms with Gasteiger partial charge in [0.15, 0.2) is 11.6 Å². The van der Waals surface area contributed by atoms with Crippen LogP contribution in [0.4, 0.5) is 10.2 Å². The summed E-state index contributed by atoms with van der Waals surface area (Å²) in [6.45, 7) is 1.78. The Hall–Kier alpha value is -3.16. The summed E-state index contributed by atoms with van der Waals surface area (Å²) < 4.78 is 26.4. The van der Waals surface area contributed by atoms with Crippen molar-refractivity contribution in [3.8, 4) is 22.9 Å². The number of ether oxygens (including phenoxy) is 2. The molecule has 0 unspecified atom stereocenters. The summed E-state index contributed by atoms with van der Waals surface area (Å²) >= 11 is 0. The van der Waals surface area contributed by atoms with Crippen molar-refractivity contribution in [2.75, 3.05) is 12.8 Å². The summed E-state index contributed by atoms with van der Waals surface area (Å²) in [6, 6.07) is 7.75. The molecule has 3 rings (SSSR count). The third-order valence-electron chi connectivity index (χ3n) is 3.80. The number of benzene rings is 1. The highest BCUT2D eigenvalue weighted by atomic mass is 19.1. The number of methoxy groups -OCH3 is 1. The number of nitrogens with zero attached hydrogens (tertiary/aromatic N) is 4. The van der Waals surface area contributed by atoms with Gasteiger partial charge in [0.1, 0.15) is 23.4 Å². The van der Waals surface area contributed by atoms with Gasteiger partial charge in [-0.05, 0) is 31.2 Å². The van der Waals surface area contributed by atoms with Crippen LogP contribution in [-0.2, 0) is 7.05 Å². The molecule has 2 aromatic heterocycles. The molecule has 130 valence electrons. The fraction of sp³-hybridized carbons (Fsp3) is 0.235. The summed E-state index contributed by atoms with van der Waals surface area (Å²) in [7, 11) is 3.32. The molecule has 3 aromatic rings. The molecule has 25 heavy (non-hydrogen) atoms. The first-order chi connectivity index (χ1) is 12.0. The number of rotatable bonds is 5. The Kier molecular flexibility index (Phi) is 4.51. The molecule has 0 aliphatic carbocycles. The minimum atomic E-state index is -0.503. The highest BCUT2D eigenvalue weighted by Crippen LogP contribution is 2.32. The highest BCUT2D eigenvalue weighted by Gasteiger charge is 2.17. The maximum Gasteiger partial charge on any atom is 0.188 e. The SMILES string of the molecule is COc1ccc(F)cc1[C@@H](C)Oc1cc(-c2ccnn2C)nnc1N. The van der Waals surface area contributed by atoms with Crippen molar-refractivity contribution >= 4 is 5.82 Å². The van der Waals surface area contributed by atoms with Gasteiger partial charge in [0.2, 0.25) is 0 Å². The average Bonchev–Trinajstić information content (AvgIpc) is 3.02. The molecular weight excluding hydrogens is 325 g/mol. The van der Waals surface area contributed by atoms with Gasteiger partial charge >= 0.3 is 0 Å². The molecule has 7 nitrogen and oxygen atoms in total. The van der Waals surface area contributed by atoms with Crippen molar-refractivity contribution < 1.29 is 13.9 Å². The second kappa shape index (κ2) is 6.76. The molecule has 8 heteroatoms. The summed E-state index contributed by atoms with van der Waals surface area (Å²) in [6.07, 6.45) is 1.16. The van der Waals surface area contributed by atoms with Crippen LogP contribution in [-0.4, -0.2) is 27.1 Å². The summed E-state index contributed by atoms with van der Waals surface area (Å²) in [5.74, 6) is 0.655. The Balaban J connectivity index is 1.93. The maximum atomic E-state index is 13.6. The number of anilines is 1. The standard InChI is InChI=1S/C17H18FN5O2/c1-10(12-8-11(18)4-5-15(12)24-3)25-16-9-13(21-22-17(16)19)14-6-7-20-23(14)2/h4-10H,1-3H3,(H2,19,22)/t10-/m1/s1. The lowest BCUT2D eigenvalue weighted by molar-refractivity contribution is 0.221. The smallest absolute Gasteiger partial charge is 0.188 e. The van der Waals surface area contributed by atoms with Crippen LogP contribution in [0.5, 0.6) is 11.5 Å². The Labute approximate surface area is 144 Å². The fourth-order valence-electron chi connectivity index (χ4n) is 2.51. The molecule has 1 aromatic carbocycles. The Morgan fingerprint density at radius 3 is 2.64 bits per heavy atom. The number of nitrogen functional groups attached to an aromatic ring is 1. The van der Waals surface area contributed by atoms with Gasteiger partial charge in [0, 0.05) is 24.9 Å². The van der Waals surface area contributed by atoms with Crippen molar-refractivity contribution in [1.82, 2.24) is 20.0 Å². The minimum Gasteiger partial charge on any atom is -0.496 e. The van der Waals surface area contributed by atoms with Gasteiger partial charge in [-0.25, -0.2) is 4.39 Å². The normalized spacial score (nSPS) is 12.0. The number of hydrogen-bond donors (Lipinski definition) is 1. The molecule has 0 spiro atoms. The van der Waals surface area contributed by atoms with Crippen molar-refractivity contribution in [3.63, 3.8) is 0 Å². The fourth-order valence-corrected chi connectivity index (χ4v) is 2.51. The maximum absolute atomic E-state index is 13.6. The van der Waals surface area contributed by atoms with Gasteiger partial charge in [-0.2, -0.15) is 5.10 Å². The molecular formula is C17H18FN5O2. The van der Waals surface area contributed by atoms with Gasteiger partial charge in [-0.1, -0.05) is 0 Å². The second-order valence-corrected chi connectivity index (χ2v) is 5.47. The molecule has 0 bridgehead atoms. The van der Waals surface area contributed by atoms with Crippen LogP contribution >= 0.6 is 0 Å². The van der Waals surface area contributed by atoms with Crippen LogP contribution in [0.3, 0.4) is 0 Å². The lowest BCUT2D eigenvalue weighted by atomic mass is 10.1. The van der Waals surface area contributed by atoms with Gasteiger partial charge < -0.3 is 15.2 Å². The molecule has 0 amide bonds.